The second-order valence-corrected chi connectivity index (χ2v) is 6.72. The third kappa shape index (κ3) is 3.18. The predicted molar refractivity (Wildman–Crippen MR) is 85.0 cm³/mol. The molecule has 1 saturated heterocycles. The third-order valence-electron chi connectivity index (χ3n) is 4.51. The van der Waals surface area contributed by atoms with Crippen LogP contribution < -0.4 is 10.5 Å². The second kappa shape index (κ2) is 6.46. The lowest BCUT2D eigenvalue weighted by Gasteiger charge is -2.26. The van der Waals surface area contributed by atoms with Crippen LogP contribution in [0, 0.1) is 11.8 Å². The first-order valence-electron chi connectivity index (χ1n) is 7.17. The molecule has 0 bridgehead atoms. The van der Waals surface area contributed by atoms with E-state index in [9.17, 15) is 0 Å². The van der Waals surface area contributed by atoms with E-state index in [1.165, 1.54) is 0 Å². The minimum absolute atomic E-state index is 0.0770. The molecule has 5 unspecified atom stereocenters. The number of methoxy groups -OCH3 is 1. The zero-order chi connectivity index (χ0) is 14.9. The molecule has 2 N–H and O–H groups in total. The lowest BCUT2D eigenvalue weighted by Crippen LogP contribution is -2.39. The summed E-state index contributed by atoms with van der Waals surface area (Å²) in [6.07, 6.45) is 1.30. The highest BCUT2D eigenvalue weighted by Gasteiger charge is 2.40. The van der Waals surface area contributed by atoms with E-state index >= 15 is 0 Å². The van der Waals surface area contributed by atoms with Gasteiger partial charge in [0.05, 0.1) is 19.3 Å². The Morgan fingerprint density at radius 2 is 2.00 bits per heavy atom. The van der Waals surface area contributed by atoms with Crippen molar-refractivity contribution in [1.29, 1.82) is 0 Å². The van der Waals surface area contributed by atoms with Gasteiger partial charge in [-0.25, -0.2) is 0 Å². The Hall–Kier alpha value is -0.580. The van der Waals surface area contributed by atoms with Crippen LogP contribution in [-0.2, 0) is 11.2 Å². The van der Waals surface area contributed by atoms with E-state index < -0.39 is 0 Å². The first-order valence-corrected chi connectivity index (χ1v) is 7.96. The largest absolute Gasteiger partial charge is 0.496 e. The van der Waals surface area contributed by atoms with Crippen molar-refractivity contribution in [3.8, 4) is 5.75 Å². The van der Waals surface area contributed by atoms with Gasteiger partial charge in [0.2, 0.25) is 0 Å². The summed E-state index contributed by atoms with van der Waals surface area (Å²) in [4.78, 5) is 0. The number of hydrogen-bond acceptors (Lipinski definition) is 3. The van der Waals surface area contributed by atoms with Gasteiger partial charge in [-0.15, -0.1) is 0 Å². The molecule has 112 valence electrons. The first-order chi connectivity index (χ1) is 9.43. The maximum absolute atomic E-state index is 6.48. The fraction of sp³-hybridized carbons (Fsp3) is 0.625. The van der Waals surface area contributed by atoms with Crippen molar-refractivity contribution in [2.75, 3.05) is 7.11 Å². The molecule has 0 aromatic heterocycles. The average Bonchev–Trinajstić information content (AvgIpc) is 2.63. The molecule has 1 aliphatic rings. The molecule has 20 heavy (non-hydrogen) atoms. The summed E-state index contributed by atoms with van der Waals surface area (Å²) in [5.41, 5.74) is 7.62. The highest BCUT2D eigenvalue weighted by atomic mass is 79.9. The minimum atomic E-state index is 0.0770. The van der Waals surface area contributed by atoms with Crippen LogP contribution in [-0.4, -0.2) is 25.4 Å². The Kier molecular flexibility index (Phi) is 5.10. The van der Waals surface area contributed by atoms with Crippen LogP contribution in [0.4, 0.5) is 0 Å². The van der Waals surface area contributed by atoms with Gasteiger partial charge < -0.3 is 15.2 Å². The van der Waals surface area contributed by atoms with Crippen LogP contribution in [0.5, 0.6) is 5.75 Å². The zero-order valence-corrected chi connectivity index (χ0v) is 14.2. The van der Waals surface area contributed by atoms with E-state index in [4.69, 9.17) is 15.2 Å². The summed E-state index contributed by atoms with van der Waals surface area (Å²) >= 11 is 3.51. The molecule has 5 atom stereocenters. The highest BCUT2D eigenvalue weighted by molar-refractivity contribution is 9.10. The number of benzene rings is 1. The van der Waals surface area contributed by atoms with Crippen molar-refractivity contribution < 1.29 is 9.47 Å². The average molecular weight is 342 g/mol. The molecule has 1 heterocycles. The Balaban J connectivity index is 2.15. The van der Waals surface area contributed by atoms with Gasteiger partial charge in [0.15, 0.2) is 0 Å². The predicted octanol–water partition coefficient (Wildman–Crippen LogP) is 3.39. The number of hydrogen-bond donors (Lipinski definition) is 1. The van der Waals surface area contributed by atoms with Crippen LogP contribution in [0.15, 0.2) is 22.7 Å². The van der Waals surface area contributed by atoms with Crippen LogP contribution >= 0.6 is 15.9 Å². The third-order valence-corrected chi connectivity index (χ3v) is 5.00. The van der Waals surface area contributed by atoms with Crippen molar-refractivity contribution in [3.63, 3.8) is 0 Å². The Morgan fingerprint density at radius 1 is 1.30 bits per heavy atom. The van der Waals surface area contributed by atoms with Gasteiger partial charge in [-0.1, -0.05) is 22.9 Å². The van der Waals surface area contributed by atoms with Gasteiger partial charge in [0.25, 0.3) is 0 Å². The van der Waals surface area contributed by atoms with E-state index in [0.29, 0.717) is 11.8 Å². The number of rotatable bonds is 4. The standard InChI is InChI=1S/C16H24BrNO2/c1-9-10(2)20-11(3)16(9)14(18)8-12-7-13(17)5-6-15(12)19-4/h5-7,9-11,14,16H,8,18H2,1-4H3. The van der Waals surface area contributed by atoms with Crippen LogP contribution in [0.3, 0.4) is 0 Å². The van der Waals surface area contributed by atoms with Crippen molar-refractivity contribution in [2.24, 2.45) is 17.6 Å². The number of halogens is 1. The maximum atomic E-state index is 6.48. The first kappa shape index (κ1) is 15.8. The molecule has 2 rings (SSSR count). The Labute approximate surface area is 130 Å². The maximum Gasteiger partial charge on any atom is 0.122 e. The molecular weight excluding hydrogens is 318 g/mol. The molecule has 0 amide bonds. The van der Waals surface area contributed by atoms with Gasteiger partial charge in [0.1, 0.15) is 5.75 Å². The SMILES string of the molecule is COc1ccc(Br)cc1CC(N)C1C(C)OC(C)C1C. The summed E-state index contributed by atoms with van der Waals surface area (Å²) in [5.74, 6) is 1.77. The lowest BCUT2D eigenvalue weighted by atomic mass is 9.81. The van der Waals surface area contributed by atoms with Crippen LogP contribution in [0.2, 0.25) is 0 Å². The van der Waals surface area contributed by atoms with Crippen molar-refractivity contribution >= 4 is 15.9 Å². The van der Waals surface area contributed by atoms with Crippen LogP contribution in [0.1, 0.15) is 26.3 Å². The summed E-state index contributed by atoms with van der Waals surface area (Å²) in [5, 5.41) is 0. The molecule has 0 spiro atoms. The highest BCUT2D eigenvalue weighted by Crippen LogP contribution is 2.35. The summed E-state index contributed by atoms with van der Waals surface area (Å²) in [6.45, 7) is 6.49. The van der Waals surface area contributed by atoms with Crippen molar-refractivity contribution in [3.05, 3.63) is 28.2 Å². The van der Waals surface area contributed by atoms with Gasteiger partial charge in [-0.3, -0.25) is 0 Å². The molecule has 0 saturated carbocycles. The van der Waals surface area contributed by atoms with Crippen LogP contribution in [0.25, 0.3) is 0 Å². The summed E-state index contributed by atoms with van der Waals surface area (Å²) in [6, 6.07) is 6.13. The fourth-order valence-electron chi connectivity index (χ4n) is 3.33. The van der Waals surface area contributed by atoms with Gasteiger partial charge >= 0.3 is 0 Å². The normalized spacial score (nSPS) is 31.3. The monoisotopic (exact) mass is 341 g/mol. The lowest BCUT2D eigenvalue weighted by molar-refractivity contribution is 0.0490. The Morgan fingerprint density at radius 3 is 2.55 bits per heavy atom. The van der Waals surface area contributed by atoms with E-state index in [1.807, 2.05) is 12.1 Å². The molecule has 3 nitrogen and oxygen atoms in total. The summed E-state index contributed by atoms with van der Waals surface area (Å²) in [7, 11) is 1.70. The molecule has 4 heteroatoms. The fourth-order valence-corrected chi connectivity index (χ4v) is 3.74. The smallest absolute Gasteiger partial charge is 0.122 e. The molecule has 0 radical (unpaired) electrons. The topological polar surface area (TPSA) is 44.5 Å². The van der Waals surface area contributed by atoms with E-state index in [2.05, 4.69) is 42.8 Å². The van der Waals surface area contributed by atoms with E-state index in [0.717, 1.165) is 22.2 Å². The zero-order valence-electron chi connectivity index (χ0n) is 12.6. The minimum Gasteiger partial charge on any atom is -0.496 e. The number of nitrogens with two attached hydrogens (primary N) is 1. The molecule has 1 aliphatic heterocycles. The van der Waals surface area contributed by atoms with E-state index in [1.54, 1.807) is 7.11 Å². The van der Waals surface area contributed by atoms with Crippen molar-refractivity contribution in [2.45, 2.75) is 45.4 Å². The number of ether oxygens (including phenoxy) is 2. The van der Waals surface area contributed by atoms with Crippen molar-refractivity contribution in [1.82, 2.24) is 0 Å². The van der Waals surface area contributed by atoms with Gasteiger partial charge in [-0.2, -0.15) is 0 Å². The Bertz CT molecular complexity index is 466. The second-order valence-electron chi connectivity index (χ2n) is 5.81. The molecular formula is C16H24BrNO2. The molecule has 1 fully saturated rings. The molecule has 1 aromatic rings. The van der Waals surface area contributed by atoms with Gasteiger partial charge in [0, 0.05) is 16.4 Å². The summed E-state index contributed by atoms with van der Waals surface area (Å²) < 4.78 is 12.4. The molecule has 1 aromatic carbocycles. The van der Waals surface area contributed by atoms with Gasteiger partial charge in [-0.05, 0) is 49.9 Å². The molecule has 0 aliphatic carbocycles. The quantitative estimate of drug-likeness (QED) is 0.912. The van der Waals surface area contributed by atoms with E-state index in [-0.39, 0.29) is 18.2 Å².